The third-order valence-electron chi connectivity index (χ3n) is 6.85. The Hall–Kier alpha value is -2.81. The van der Waals surface area contributed by atoms with Gasteiger partial charge in [0.1, 0.15) is 6.17 Å². The molecule has 1 atom stereocenters. The van der Waals surface area contributed by atoms with Crippen molar-refractivity contribution in [2.45, 2.75) is 51.1 Å². The second-order valence-corrected chi connectivity index (χ2v) is 7.95. The van der Waals surface area contributed by atoms with Crippen molar-refractivity contribution < 1.29 is 0 Å². The van der Waals surface area contributed by atoms with Crippen LogP contribution in [0.5, 0.6) is 0 Å². The van der Waals surface area contributed by atoms with Crippen LogP contribution in [0.15, 0.2) is 72.9 Å². The van der Waals surface area contributed by atoms with E-state index in [1.165, 1.54) is 41.9 Å². The van der Waals surface area contributed by atoms with Gasteiger partial charge in [-0.1, -0.05) is 50.2 Å². The van der Waals surface area contributed by atoms with Crippen LogP contribution in [0.3, 0.4) is 0 Å². The summed E-state index contributed by atoms with van der Waals surface area (Å²) in [5.74, 6) is 1.06. The molecule has 0 spiro atoms. The van der Waals surface area contributed by atoms with Crippen molar-refractivity contribution in [2.75, 3.05) is 9.80 Å². The highest BCUT2D eigenvalue weighted by atomic mass is 15.4. The van der Waals surface area contributed by atoms with Gasteiger partial charge in [0.2, 0.25) is 0 Å². The van der Waals surface area contributed by atoms with Gasteiger partial charge in [-0.05, 0) is 67.0 Å². The molecule has 0 amide bonds. The van der Waals surface area contributed by atoms with Gasteiger partial charge >= 0.3 is 0 Å². The van der Waals surface area contributed by atoms with E-state index in [0.29, 0.717) is 0 Å². The maximum Gasteiger partial charge on any atom is 0.158 e. The molecule has 2 aliphatic rings. The van der Waals surface area contributed by atoms with Gasteiger partial charge in [-0.15, -0.1) is 0 Å². The van der Waals surface area contributed by atoms with Crippen molar-refractivity contribution in [3.63, 3.8) is 0 Å². The molecule has 3 nitrogen and oxygen atoms in total. The lowest BCUT2D eigenvalue weighted by Crippen LogP contribution is -2.37. The van der Waals surface area contributed by atoms with Crippen LogP contribution in [0.4, 0.5) is 22.9 Å². The molecule has 3 heteroatoms. The highest BCUT2D eigenvalue weighted by Crippen LogP contribution is 2.54. The summed E-state index contributed by atoms with van der Waals surface area (Å²) in [6, 6.07) is 24.0. The number of benzene rings is 2. The Morgan fingerprint density at radius 2 is 1.57 bits per heavy atom. The van der Waals surface area contributed by atoms with Gasteiger partial charge in [-0.25, -0.2) is 4.98 Å². The minimum atomic E-state index is 0.242. The Kier molecular flexibility index (Phi) is 4.12. The van der Waals surface area contributed by atoms with Gasteiger partial charge in [0.15, 0.2) is 5.82 Å². The summed E-state index contributed by atoms with van der Waals surface area (Å²) in [6.45, 7) is 4.70. The predicted octanol–water partition coefficient (Wildman–Crippen LogP) is 6.55. The molecule has 0 fully saturated rings. The van der Waals surface area contributed by atoms with Gasteiger partial charge in [-0.2, -0.15) is 0 Å². The Morgan fingerprint density at radius 3 is 2.36 bits per heavy atom. The fraction of sp³-hybridized carbons (Fsp3) is 0.320. The quantitative estimate of drug-likeness (QED) is 0.522. The summed E-state index contributed by atoms with van der Waals surface area (Å²) >= 11 is 0. The average Bonchev–Trinajstić information content (AvgIpc) is 3.02. The molecule has 0 saturated carbocycles. The number of para-hydroxylation sites is 2. The van der Waals surface area contributed by atoms with Crippen LogP contribution >= 0.6 is 0 Å². The van der Waals surface area contributed by atoms with Gasteiger partial charge < -0.3 is 9.80 Å². The van der Waals surface area contributed by atoms with E-state index in [4.69, 9.17) is 4.98 Å². The van der Waals surface area contributed by atoms with Gasteiger partial charge in [0.25, 0.3) is 0 Å². The Bertz CT molecular complexity index is 978. The lowest BCUT2D eigenvalue weighted by Gasteiger charge is -2.33. The number of nitrogens with zero attached hydrogens (tertiary/aromatic N) is 3. The molecule has 0 bridgehead atoms. The number of fused-ring (bicyclic) bond motifs is 5. The Balaban J connectivity index is 1.75. The number of hydrogen-bond donors (Lipinski definition) is 0. The number of aromatic nitrogens is 1. The summed E-state index contributed by atoms with van der Waals surface area (Å²) in [5, 5.41) is 0. The zero-order valence-electron chi connectivity index (χ0n) is 16.7. The summed E-state index contributed by atoms with van der Waals surface area (Å²) in [5.41, 5.74) is 5.51. The molecule has 0 N–H and O–H groups in total. The van der Waals surface area contributed by atoms with E-state index in [-0.39, 0.29) is 11.6 Å². The molecule has 3 aromatic rings. The van der Waals surface area contributed by atoms with Gasteiger partial charge in [0.05, 0.1) is 5.69 Å². The SMILES string of the molecule is CCC1(CC)CCC2N(c3ccccc31)c1cccnc1N2c1ccccc1. The standard InChI is InChI=1S/C25H27N3/c1-3-25(4-2)17-16-23-27(19-11-6-5-7-12-19)24-22(15-10-18-26-24)28(23)21-14-9-8-13-20(21)25/h5-15,18,23H,3-4,16-17H2,1-2H3. The number of pyridine rings is 1. The lowest BCUT2D eigenvalue weighted by molar-refractivity contribution is 0.354. The minimum absolute atomic E-state index is 0.242. The van der Waals surface area contributed by atoms with Crippen molar-refractivity contribution in [3.8, 4) is 0 Å². The van der Waals surface area contributed by atoms with E-state index in [0.717, 1.165) is 12.2 Å². The third kappa shape index (κ3) is 2.39. The van der Waals surface area contributed by atoms with Crippen LogP contribution in [-0.4, -0.2) is 11.1 Å². The molecule has 0 aliphatic carbocycles. The largest absolute Gasteiger partial charge is 0.317 e. The van der Waals surface area contributed by atoms with E-state index in [9.17, 15) is 0 Å². The fourth-order valence-corrected chi connectivity index (χ4v) is 5.27. The molecule has 2 aromatic carbocycles. The van der Waals surface area contributed by atoms with Crippen molar-refractivity contribution in [1.82, 2.24) is 4.98 Å². The first-order valence-corrected chi connectivity index (χ1v) is 10.5. The van der Waals surface area contributed by atoms with Crippen LogP contribution in [-0.2, 0) is 5.41 Å². The van der Waals surface area contributed by atoms with Crippen molar-refractivity contribution in [2.24, 2.45) is 0 Å². The first-order chi connectivity index (χ1) is 13.8. The molecular formula is C25H27N3. The Labute approximate surface area is 167 Å². The predicted molar refractivity (Wildman–Crippen MR) is 117 cm³/mol. The summed E-state index contributed by atoms with van der Waals surface area (Å²) in [4.78, 5) is 9.78. The Morgan fingerprint density at radius 1 is 0.857 bits per heavy atom. The topological polar surface area (TPSA) is 19.4 Å². The lowest BCUT2D eigenvalue weighted by atomic mass is 9.72. The van der Waals surface area contributed by atoms with E-state index in [1.807, 2.05) is 6.20 Å². The second kappa shape index (κ2) is 6.66. The van der Waals surface area contributed by atoms with Crippen molar-refractivity contribution >= 4 is 22.9 Å². The maximum absolute atomic E-state index is 4.81. The van der Waals surface area contributed by atoms with Crippen LogP contribution in [0, 0.1) is 0 Å². The number of rotatable bonds is 3. The zero-order chi connectivity index (χ0) is 19.1. The van der Waals surface area contributed by atoms with E-state index in [1.54, 1.807) is 0 Å². The molecule has 2 aliphatic heterocycles. The molecule has 3 heterocycles. The monoisotopic (exact) mass is 369 g/mol. The van der Waals surface area contributed by atoms with Crippen molar-refractivity contribution in [1.29, 1.82) is 0 Å². The molecule has 28 heavy (non-hydrogen) atoms. The van der Waals surface area contributed by atoms with E-state index in [2.05, 4.69) is 90.4 Å². The molecule has 0 radical (unpaired) electrons. The average molecular weight is 370 g/mol. The smallest absolute Gasteiger partial charge is 0.158 e. The molecule has 1 aromatic heterocycles. The highest BCUT2D eigenvalue weighted by molar-refractivity contribution is 5.87. The molecule has 5 rings (SSSR count). The minimum Gasteiger partial charge on any atom is -0.317 e. The van der Waals surface area contributed by atoms with Gasteiger partial charge in [-0.3, -0.25) is 0 Å². The van der Waals surface area contributed by atoms with Crippen LogP contribution in [0.25, 0.3) is 0 Å². The summed E-state index contributed by atoms with van der Waals surface area (Å²) < 4.78 is 0. The number of anilines is 4. The summed E-state index contributed by atoms with van der Waals surface area (Å²) in [7, 11) is 0. The maximum atomic E-state index is 4.81. The van der Waals surface area contributed by atoms with E-state index >= 15 is 0 Å². The molecule has 1 unspecified atom stereocenters. The fourth-order valence-electron chi connectivity index (χ4n) is 5.27. The third-order valence-corrected chi connectivity index (χ3v) is 6.85. The van der Waals surface area contributed by atoms with Crippen LogP contribution in [0.1, 0.15) is 45.1 Å². The molecular weight excluding hydrogens is 342 g/mol. The number of hydrogen-bond acceptors (Lipinski definition) is 3. The van der Waals surface area contributed by atoms with Crippen LogP contribution in [0.2, 0.25) is 0 Å². The van der Waals surface area contributed by atoms with E-state index < -0.39 is 0 Å². The molecule has 142 valence electrons. The highest BCUT2D eigenvalue weighted by Gasteiger charge is 2.45. The normalized spacial score (nSPS) is 19.6. The first kappa shape index (κ1) is 17.3. The summed E-state index contributed by atoms with van der Waals surface area (Å²) in [6.07, 6.45) is 6.82. The van der Waals surface area contributed by atoms with Crippen molar-refractivity contribution in [3.05, 3.63) is 78.5 Å². The van der Waals surface area contributed by atoms with Gasteiger partial charge in [0, 0.05) is 17.6 Å². The molecule has 0 saturated heterocycles. The second-order valence-electron chi connectivity index (χ2n) is 7.95. The first-order valence-electron chi connectivity index (χ1n) is 10.5. The van der Waals surface area contributed by atoms with Crippen LogP contribution < -0.4 is 9.80 Å². The zero-order valence-corrected chi connectivity index (χ0v) is 16.7.